The van der Waals surface area contributed by atoms with E-state index < -0.39 is 0 Å². The molecule has 0 radical (unpaired) electrons. The van der Waals surface area contributed by atoms with Crippen LogP contribution >= 0.6 is 22.9 Å². The number of benzene rings is 2. The number of hydrogen-bond acceptors (Lipinski definition) is 6. The number of nitrogens with zero attached hydrogens (tertiary/aromatic N) is 3. The summed E-state index contributed by atoms with van der Waals surface area (Å²) in [5.74, 6) is 1.36. The highest BCUT2D eigenvalue weighted by Gasteiger charge is 2.17. The van der Waals surface area contributed by atoms with Gasteiger partial charge in [0.2, 0.25) is 5.91 Å². The maximum absolute atomic E-state index is 12.5. The zero-order chi connectivity index (χ0) is 21.1. The smallest absolute Gasteiger partial charge is 0.243 e. The van der Waals surface area contributed by atoms with Crippen molar-refractivity contribution in [2.45, 2.75) is 0 Å². The maximum atomic E-state index is 12.5. The predicted octanol–water partition coefficient (Wildman–Crippen LogP) is 5.10. The third-order valence-corrected chi connectivity index (χ3v) is 5.76. The average molecular weight is 439 g/mol. The van der Waals surface area contributed by atoms with Gasteiger partial charge in [0.05, 0.1) is 19.0 Å². The molecule has 0 bridgehead atoms. The highest BCUT2D eigenvalue weighted by molar-refractivity contribution is 7.17. The van der Waals surface area contributed by atoms with Crippen LogP contribution in [0.5, 0.6) is 5.75 Å². The lowest BCUT2D eigenvalue weighted by molar-refractivity contribution is -0.114. The molecule has 0 unspecified atom stereocenters. The Labute approximate surface area is 183 Å². The molecular weight excluding hydrogens is 420 g/mol. The lowest BCUT2D eigenvalue weighted by atomic mass is 10.1. The predicted molar refractivity (Wildman–Crippen MR) is 123 cm³/mol. The summed E-state index contributed by atoms with van der Waals surface area (Å²) in [7, 11) is 3.49. The van der Waals surface area contributed by atoms with Gasteiger partial charge in [-0.15, -0.1) is 11.3 Å². The van der Waals surface area contributed by atoms with E-state index in [1.165, 1.54) is 6.33 Å². The van der Waals surface area contributed by atoms with Gasteiger partial charge < -0.3 is 15.0 Å². The molecule has 1 amide bonds. The Balaban J connectivity index is 1.60. The summed E-state index contributed by atoms with van der Waals surface area (Å²) in [6, 6.07) is 14.9. The Hall–Kier alpha value is -3.16. The molecule has 0 fully saturated rings. The molecule has 2 aromatic heterocycles. The number of amides is 1. The van der Waals surface area contributed by atoms with Crippen LogP contribution in [-0.2, 0) is 4.79 Å². The zero-order valence-corrected chi connectivity index (χ0v) is 18.0. The molecule has 4 aromatic rings. The first kappa shape index (κ1) is 20.1. The molecule has 6 nitrogen and oxygen atoms in total. The van der Waals surface area contributed by atoms with Crippen molar-refractivity contribution in [3.05, 3.63) is 65.3 Å². The van der Waals surface area contributed by atoms with E-state index in [1.807, 2.05) is 36.2 Å². The number of anilines is 2. The number of nitrogens with one attached hydrogen (secondary N) is 1. The van der Waals surface area contributed by atoms with E-state index in [0.717, 1.165) is 27.1 Å². The van der Waals surface area contributed by atoms with E-state index in [1.54, 1.807) is 42.7 Å². The van der Waals surface area contributed by atoms with Crippen molar-refractivity contribution >= 4 is 50.6 Å². The SMILES string of the molecule is COc1ccc(-c2csc3ncnc(N(C)CC(=O)Nc4ccc(Cl)cc4)c23)cc1. The molecule has 8 heteroatoms. The standard InChI is InChI=1S/C22H19ClN4O2S/c1-27(11-19(28)26-16-7-5-15(23)6-8-16)21-20-18(12-30-22(20)25-13-24-21)14-3-9-17(29-2)10-4-14/h3-10,12-13H,11H2,1-2H3,(H,26,28). The summed E-state index contributed by atoms with van der Waals surface area (Å²) in [6.07, 6.45) is 1.53. The molecule has 1 N–H and O–H groups in total. The summed E-state index contributed by atoms with van der Waals surface area (Å²) in [4.78, 5) is 24.1. The van der Waals surface area contributed by atoms with Crippen LogP contribution in [0.3, 0.4) is 0 Å². The second-order valence-electron chi connectivity index (χ2n) is 6.67. The van der Waals surface area contributed by atoms with Crippen LogP contribution in [0, 0.1) is 0 Å². The van der Waals surface area contributed by atoms with Gasteiger partial charge in [0.25, 0.3) is 0 Å². The second-order valence-corrected chi connectivity index (χ2v) is 7.96. The summed E-state index contributed by atoms with van der Waals surface area (Å²) >= 11 is 7.45. The van der Waals surface area contributed by atoms with Crippen molar-refractivity contribution in [2.24, 2.45) is 0 Å². The first-order valence-electron chi connectivity index (χ1n) is 9.18. The van der Waals surface area contributed by atoms with E-state index in [0.29, 0.717) is 16.5 Å². The van der Waals surface area contributed by atoms with Crippen molar-refractivity contribution in [2.75, 3.05) is 30.9 Å². The Morgan fingerprint density at radius 2 is 1.87 bits per heavy atom. The Morgan fingerprint density at radius 3 is 2.57 bits per heavy atom. The number of methoxy groups -OCH3 is 1. The minimum atomic E-state index is -0.146. The number of likely N-dealkylation sites (N-methyl/N-ethyl adjacent to an activating group) is 1. The molecule has 2 aromatic carbocycles. The van der Waals surface area contributed by atoms with Crippen molar-refractivity contribution in [3.8, 4) is 16.9 Å². The van der Waals surface area contributed by atoms with E-state index in [-0.39, 0.29) is 12.5 Å². The molecule has 152 valence electrons. The van der Waals surface area contributed by atoms with Gasteiger partial charge in [-0.2, -0.15) is 0 Å². The number of carbonyl (C=O) groups is 1. The third-order valence-electron chi connectivity index (χ3n) is 4.62. The molecule has 0 atom stereocenters. The largest absolute Gasteiger partial charge is 0.497 e. The highest BCUT2D eigenvalue weighted by atomic mass is 35.5. The number of carbonyl (C=O) groups excluding carboxylic acids is 1. The number of rotatable bonds is 6. The first-order valence-corrected chi connectivity index (χ1v) is 10.4. The summed E-state index contributed by atoms with van der Waals surface area (Å²) in [5, 5.41) is 6.49. The fraction of sp³-hybridized carbons (Fsp3) is 0.136. The van der Waals surface area contributed by atoms with Gasteiger partial charge in [-0.3, -0.25) is 4.79 Å². The van der Waals surface area contributed by atoms with E-state index >= 15 is 0 Å². The molecule has 30 heavy (non-hydrogen) atoms. The summed E-state index contributed by atoms with van der Waals surface area (Å²) in [5.41, 5.74) is 2.76. The van der Waals surface area contributed by atoms with Crippen LogP contribution in [0.1, 0.15) is 0 Å². The van der Waals surface area contributed by atoms with Gasteiger partial charge in [-0.05, 0) is 42.0 Å². The lowest BCUT2D eigenvalue weighted by Gasteiger charge is -2.19. The average Bonchev–Trinajstić information content (AvgIpc) is 3.19. The number of ether oxygens (including phenoxy) is 1. The van der Waals surface area contributed by atoms with Crippen LogP contribution in [0.4, 0.5) is 11.5 Å². The normalized spacial score (nSPS) is 10.8. The minimum absolute atomic E-state index is 0.145. The zero-order valence-electron chi connectivity index (χ0n) is 16.4. The van der Waals surface area contributed by atoms with Gasteiger partial charge in [0.1, 0.15) is 22.7 Å². The Bertz CT molecular complexity index is 1180. The number of aromatic nitrogens is 2. The Morgan fingerprint density at radius 1 is 1.13 bits per heavy atom. The van der Waals surface area contributed by atoms with Gasteiger partial charge in [-0.25, -0.2) is 9.97 Å². The molecule has 0 aliphatic carbocycles. The highest BCUT2D eigenvalue weighted by Crippen LogP contribution is 2.38. The number of fused-ring (bicyclic) bond motifs is 1. The van der Waals surface area contributed by atoms with Crippen LogP contribution in [0.15, 0.2) is 60.2 Å². The van der Waals surface area contributed by atoms with Crippen LogP contribution in [0.2, 0.25) is 5.02 Å². The van der Waals surface area contributed by atoms with E-state index in [9.17, 15) is 4.79 Å². The van der Waals surface area contributed by atoms with Crippen molar-refractivity contribution < 1.29 is 9.53 Å². The van der Waals surface area contributed by atoms with Crippen molar-refractivity contribution in [1.29, 1.82) is 0 Å². The quantitative estimate of drug-likeness (QED) is 0.454. The van der Waals surface area contributed by atoms with Gasteiger partial charge in [-0.1, -0.05) is 23.7 Å². The summed E-state index contributed by atoms with van der Waals surface area (Å²) < 4.78 is 5.25. The second kappa shape index (κ2) is 8.69. The fourth-order valence-corrected chi connectivity index (χ4v) is 4.19. The molecule has 0 saturated heterocycles. The molecule has 0 saturated carbocycles. The van der Waals surface area contributed by atoms with Crippen LogP contribution in [0.25, 0.3) is 21.3 Å². The molecule has 2 heterocycles. The van der Waals surface area contributed by atoms with Gasteiger partial charge in [0.15, 0.2) is 0 Å². The number of thiophene rings is 1. The van der Waals surface area contributed by atoms with Gasteiger partial charge in [0, 0.05) is 28.7 Å². The fourth-order valence-electron chi connectivity index (χ4n) is 3.16. The Kier molecular flexibility index (Phi) is 5.83. The molecule has 4 rings (SSSR count). The summed E-state index contributed by atoms with van der Waals surface area (Å²) in [6.45, 7) is 0.145. The molecule has 0 aliphatic rings. The van der Waals surface area contributed by atoms with Crippen molar-refractivity contribution in [3.63, 3.8) is 0 Å². The van der Waals surface area contributed by atoms with Crippen LogP contribution < -0.4 is 15.0 Å². The maximum Gasteiger partial charge on any atom is 0.243 e. The monoisotopic (exact) mass is 438 g/mol. The molecular formula is C22H19ClN4O2S. The lowest BCUT2D eigenvalue weighted by Crippen LogP contribution is -2.30. The van der Waals surface area contributed by atoms with Crippen LogP contribution in [-0.4, -0.2) is 36.6 Å². The third kappa shape index (κ3) is 4.22. The molecule has 0 aliphatic heterocycles. The number of halogens is 1. The number of hydrogen-bond donors (Lipinski definition) is 1. The molecule has 0 spiro atoms. The van der Waals surface area contributed by atoms with E-state index in [2.05, 4.69) is 20.7 Å². The van der Waals surface area contributed by atoms with E-state index in [4.69, 9.17) is 16.3 Å². The van der Waals surface area contributed by atoms with Crippen molar-refractivity contribution in [1.82, 2.24) is 9.97 Å². The topological polar surface area (TPSA) is 67.4 Å². The first-order chi connectivity index (χ1) is 14.5. The minimum Gasteiger partial charge on any atom is -0.497 e. The van der Waals surface area contributed by atoms with Gasteiger partial charge >= 0.3 is 0 Å².